The SMILES string of the molecule is NC(=O)N(S)c1nnc(Br)s1. The number of nitrogens with zero attached hydrogens (tertiary/aromatic N) is 3. The summed E-state index contributed by atoms with van der Waals surface area (Å²) in [6.45, 7) is 0. The third-order valence-corrected chi connectivity index (χ3v) is 2.64. The molecule has 1 heterocycles. The van der Waals surface area contributed by atoms with Gasteiger partial charge in [0.1, 0.15) is 0 Å². The number of halogens is 1. The van der Waals surface area contributed by atoms with E-state index < -0.39 is 6.03 Å². The molecule has 1 aromatic heterocycles. The zero-order valence-electron chi connectivity index (χ0n) is 5.06. The number of aromatic nitrogens is 2. The van der Waals surface area contributed by atoms with Crippen LogP contribution in [0.15, 0.2) is 3.92 Å². The highest BCUT2D eigenvalue weighted by Crippen LogP contribution is 2.24. The molecule has 0 unspecified atom stereocenters. The van der Waals surface area contributed by atoms with Crippen LogP contribution in [0.3, 0.4) is 0 Å². The van der Waals surface area contributed by atoms with Crippen molar-refractivity contribution >= 4 is 51.2 Å². The molecule has 1 aromatic rings. The summed E-state index contributed by atoms with van der Waals surface area (Å²) in [5.74, 6) is 0. The number of urea groups is 1. The normalized spacial score (nSPS) is 9.64. The van der Waals surface area contributed by atoms with E-state index in [1.165, 1.54) is 11.3 Å². The Hall–Kier alpha value is -0.340. The van der Waals surface area contributed by atoms with Crippen LogP contribution in [-0.2, 0) is 0 Å². The Morgan fingerprint density at radius 1 is 1.73 bits per heavy atom. The molecule has 0 aliphatic carbocycles. The average Bonchev–Trinajstić information content (AvgIpc) is 2.34. The van der Waals surface area contributed by atoms with Crippen LogP contribution in [0.1, 0.15) is 0 Å². The summed E-state index contributed by atoms with van der Waals surface area (Å²) in [7, 11) is 0. The van der Waals surface area contributed by atoms with E-state index in [1.54, 1.807) is 0 Å². The van der Waals surface area contributed by atoms with Gasteiger partial charge in [-0.3, -0.25) is 0 Å². The van der Waals surface area contributed by atoms with Crippen LogP contribution in [-0.4, -0.2) is 16.2 Å². The summed E-state index contributed by atoms with van der Waals surface area (Å²) in [5, 5.41) is 7.55. The van der Waals surface area contributed by atoms with Gasteiger partial charge in [-0.15, -0.1) is 10.2 Å². The van der Waals surface area contributed by atoms with Gasteiger partial charge in [0.2, 0.25) is 5.13 Å². The second-order valence-electron chi connectivity index (χ2n) is 1.49. The van der Waals surface area contributed by atoms with E-state index in [0.717, 1.165) is 4.31 Å². The van der Waals surface area contributed by atoms with Crippen LogP contribution >= 0.6 is 40.1 Å². The van der Waals surface area contributed by atoms with Crippen LogP contribution in [0.2, 0.25) is 0 Å². The van der Waals surface area contributed by atoms with Crippen molar-refractivity contribution in [3.8, 4) is 0 Å². The third-order valence-electron chi connectivity index (χ3n) is 0.780. The standard InChI is InChI=1S/C3H3BrN4OS2/c4-1-6-7-3(11-1)8(10)2(5)9/h10H,(H2,5,9). The fourth-order valence-corrected chi connectivity index (χ4v) is 1.54. The zero-order chi connectivity index (χ0) is 8.43. The molecule has 0 spiro atoms. The molecule has 1 rings (SSSR count). The number of hydrogen-bond acceptors (Lipinski definition) is 5. The first-order chi connectivity index (χ1) is 5.11. The van der Waals surface area contributed by atoms with Gasteiger partial charge in [-0.05, 0) is 15.9 Å². The van der Waals surface area contributed by atoms with Crippen molar-refractivity contribution in [3.63, 3.8) is 0 Å². The van der Waals surface area contributed by atoms with Crippen molar-refractivity contribution < 1.29 is 4.79 Å². The molecule has 0 atom stereocenters. The predicted molar refractivity (Wildman–Crippen MR) is 48.7 cm³/mol. The van der Waals surface area contributed by atoms with E-state index in [0.29, 0.717) is 9.05 Å². The van der Waals surface area contributed by atoms with Gasteiger partial charge in [-0.1, -0.05) is 24.2 Å². The molecular formula is C3H3BrN4OS2. The monoisotopic (exact) mass is 254 g/mol. The summed E-state index contributed by atoms with van der Waals surface area (Å²) < 4.78 is 1.50. The van der Waals surface area contributed by atoms with Crippen LogP contribution in [0.5, 0.6) is 0 Å². The second kappa shape index (κ2) is 3.37. The number of nitrogens with two attached hydrogens (primary N) is 1. The Balaban J connectivity index is 2.84. The lowest BCUT2D eigenvalue weighted by molar-refractivity contribution is 0.257. The van der Waals surface area contributed by atoms with E-state index in [4.69, 9.17) is 5.73 Å². The van der Waals surface area contributed by atoms with Crippen molar-refractivity contribution in [2.24, 2.45) is 5.73 Å². The Bertz CT molecular complexity index is 276. The molecular weight excluding hydrogens is 252 g/mol. The number of hydrogen-bond donors (Lipinski definition) is 2. The highest BCUT2D eigenvalue weighted by molar-refractivity contribution is 9.11. The molecule has 0 fully saturated rings. The maximum atomic E-state index is 10.5. The van der Waals surface area contributed by atoms with Gasteiger partial charge in [0.15, 0.2) is 3.92 Å². The number of anilines is 1. The molecule has 8 heteroatoms. The molecule has 5 nitrogen and oxygen atoms in total. The fourth-order valence-electron chi connectivity index (χ4n) is 0.378. The van der Waals surface area contributed by atoms with E-state index >= 15 is 0 Å². The van der Waals surface area contributed by atoms with Gasteiger partial charge in [0.05, 0.1) is 0 Å². The minimum atomic E-state index is -0.683. The summed E-state index contributed by atoms with van der Waals surface area (Å²) in [5.41, 5.74) is 4.91. The molecule has 2 N–H and O–H groups in total. The minimum Gasteiger partial charge on any atom is -0.350 e. The minimum absolute atomic E-state index is 0.340. The summed E-state index contributed by atoms with van der Waals surface area (Å²) in [6.07, 6.45) is 0. The van der Waals surface area contributed by atoms with Gasteiger partial charge in [-0.2, -0.15) is 0 Å². The van der Waals surface area contributed by atoms with Gasteiger partial charge in [0, 0.05) is 0 Å². The molecule has 0 bridgehead atoms. The summed E-state index contributed by atoms with van der Waals surface area (Å²) >= 11 is 8.02. The van der Waals surface area contributed by atoms with E-state index in [2.05, 4.69) is 38.9 Å². The largest absolute Gasteiger partial charge is 0.350 e. The van der Waals surface area contributed by atoms with Crippen LogP contribution in [0.4, 0.5) is 9.93 Å². The van der Waals surface area contributed by atoms with E-state index in [-0.39, 0.29) is 0 Å². The molecule has 2 amide bonds. The quantitative estimate of drug-likeness (QED) is 0.736. The van der Waals surface area contributed by atoms with Crippen molar-refractivity contribution in [1.29, 1.82) is 0 Å². The van der Waals surface area contributed by atoms with Gasteiger partial charge in [0.25, 0.3) is 0 Å². The molecule has 0 radical (unpaired) electrons. The number of primary amides is 1. The van der Waals surface area contributed by atoms with Crippen LogP contribution in [0, 0.1) is 0 Å². The number of amides is 2. The van der Waals surface area contributed by atoms with Gasteiger partial charge < -0.3 is 5.73 Å². The topological polar surface area (TPSA) is 72.1 Å². The van der Waals surface area contributed by atoms with Gasteiger partial charge >= 0.3 is 6.03 Å². The fraction of sp³-hybridized carbons (Fsp3) is 0. The van der Waals surface area contributed by atoms with Crippen molar-refractivity contribution in [3.05, 3.63) is 3.92 Å². The van der Waals surface area contributed by atoms with Crippen molar-refractivity contribution in [2.45, 2.75) is 0 Å². The van der Waals surface area contributed by atoms with Crippen molar-refractivity contribution in [2.75, 3.05) is 4.31 Å². The van der Waals surface area contributed by atoms with E-state index in [1.807, 2.05) is 0 Å². The number of carbonyl (C=O) groups excluding carboxylic acids is 1. The second-order valence-corrected chi connectivity index (χ2v) is 4.12. The average molecular weight is 255 g/mol. The number of carbonyl (C=O) groups is 1. The van der Waals surface area contributed by atoms with Crippen LogP contribution in [0.25, 0.3) is 0 Å². The first-order valence-corrected chi connectivity index (χ1v) is 4.39. The van der Waals surface area contributed by atoms with Gasteiger partial charge in [-0.25, -0.2) is 9.10 Å². The number of thiol groups is 1. The summed E-state index contributed by atoms with van der Waals surface area (Å²) in [6, 6.07) is -0.683. The first-order valence-electron chi connectivity index (χ1n) is 2.38. The summed E-state index contributed by atoms with van der Waals surface area (Å²) in [4.78, 5) is 10.5. The smallest absolute Gasteiger partial charge is 0.331 e. The lowest BCUT2D eigenvalue weighted by Crippen LogP contribution is -2.27. The highest BCUT2D eigenvalue weighted by atomic mass is 79.9. The predicted octanol–water partition coefficient (Wildman–Crippen LogP) is 1.03. The third kappa shape index (κ3) is 2.04. The maximum absolute atomic E-state index is 10.5. The molecule has 0 aliphatic rings. The lowest BCUT2D eigenvalue weighted by Gasteiger charge is -2.05. The molecule has 60 valence electrons. The number of rotatable bonds is 1. The van der Waals surface area contributed by atoms with E-state index in [9.17, 15) is 4.79 Å². The zero-order valence-corrected chi connectivity index (χ0v) is 8.36. The Kier molecular flexibility index (Phi) is 2.68. The molecule has 0 saturated carbocycles. The lowest BCUT2D eigenvalue weighted by atomic mass is 11.0. The van der Waals surface area contributed by atoms with Crippen LogP contribution < -0.4 is 10.0 Å². The molecule has 0 saturated heterocycles. The Morgan fingerprint density at radius 3 is 2.73 bits per heavy atom. The Morgan fingerprint density at radius 2 is 2.36 bits per heavy atom. The molecule has 0 aliphatic heterocycles. The molecule has 11 heavy (non-hydrogen) atoms. The first kappa shape index (κ1) is 8.75. The van der Waals surface area contributed by atoms with Crippen molar-refractivity contribution in [1.82, 2.24) is 10.2 Å². The highest BCUT2D eigenvalue weighted by Gasteiger charge is 2.12. The molecule has 0 aromatic carbocycles. The maximum Gasteiger partial charge on any atom is 0.331 e. The Labute approximate surface area is 80.3 Å².